The van der Waals surface area contributed by atoms with E-state index in [4.69, 9.17) is 4.74 Å². The van der Waals surface area contributed by atoms with Crippen LogP contribution in [0.5, 0.6) is 5.75 Å². The molecule has 1 aromatic heterocycles. The first kappa shape index (κ1) is 11.2. The van der Waals surface area contributed by atoms with Gasteiger partial charge in [0.05, 0.1) is 12.8 Å². The van der Waals surface area contributed by atoms with Crippen molar-refractivity contribution in [1.82, 2.24) is 15.3 Å². The Bertz CT molecular complexity index is 552. The van der Waals surface area contributed by atoms with E-state index < -0.39 is 0 Å². The second kappa shape index (κ2) is 4.74. The zero-order valence-electron chi connectivity index (χ0n) is 10.3. The minimum atomic E-state index is 0.444. The van der Waals surface area contributed by atoms with Crippen molar-refractivity contribution in [2.45, 2.75) is 5.92 Å². The molecule has 1 aliphatic heterocycles. The Balaban J connectivity index is 2.00. The number of hydrogen-bond acceptors (Lipinski definition) is 4. The number of nitrogens with one attached hydrogen (secondary N) is 1. The molecule has 2 heterocycles. The molecule has 0 saturated carbocycles. The van der Waals surface area contributed by atoms with Crippen LogP contribution in [0.4, 0.5) is 0 Å². The molecule has 2 aromatic rings. The van der Waals surface area contributed by atoms with Gasteiger partial charge in [-0.15, -0.1) is 0 Å². The smallest absolute Gasteiger partial charge is 0.134 e. The molecular weight excluding hydrogens is 226 g/mol. The predicted molar refractivity (Wildman–Crippen MR) is 69.6 cm³/mol. The lowest BCUT2D eigenvalue weighted by atomic mass is 10.0. The maximum Gasteiger partial charge on any atom is 0.134 e. The van der Waals surface area contributed by atoms with E-state index in [9.17, 15) is 0 Å². The minimum Gasteiger partial charge on any atom is -0.496 e. The number of ether oxygens (including phenoxy) is 1. The highest BCUT2D eigenvalue weighted by atomic mass is 16.5. The molecule has 4 heteroatoms. The van der Waals surface area contributed by atoms with Gasteiger partial charge < -0.3 is 10.1 Å². The van der Waals surface area contributed by atoms with Crippen molar-refractivity contribution < 1.29 is 4.74 Å². The Hall–Kier alpha value is -1.94. The van der Waals surface area contributed by atoms with Gasteiger partial charge in [-0.25, -0.2) is 9.97 Å². The second-order valence-electron chi connectivity index (χ2n) is 4.36. The van der Waals surface area contributed by atoms with Crippen LogP contribution in [0.25, 0.3) is 11.3 Å². The molecule has 4 nitrogen and oxygen atoms in total. The quantitative estimate of drug-likeness (QED) is 0.890. The molecule has 1 N–H and O–H groups in total. The summed E-state index contributed by atoms with van der Waals surface area (Å²) in [4.78, 5) is 8.99. The fourth-order valence-electron chi connectivity index (χ4n) is 2.05. The zero-order chi connectivity index (χ0) is 12.4. The van der Waals surface area contributed by atoms with Crippen LogP contribution in [-0.2, 0) is 0 Å². The summed E-state index contributed by atoms with van der Waals surface area (Å²) in [5.74, 6) is 2.20. The summed E-state index contributed by atoms with van der Waals surface area (Å²) in [5.41, 5.74) is 1.93. The van der Waals surface area contributed by atoms with Crippen LogP contribution in [0, 0.1) is 0 Å². The molecule has 1 aliphatic rings. The molecule has 0 atom stereocenters. The van der Waals surface area contributed by atoms with Gasteiger partial charge in [-0.3, -0.25) is 0 Å². The molecule has 1 saturated heterocycles. The predicted octanol–water partition coefficient (Wildman–Crippen LogP) is 1.84. The van der Waals surface area contributed by atoms with Crippen molar-refractivity contribution in [2.24, 2.45) is 0 Å². The van der Waals surface area contributed by atoms with Crippen LogP contribution < -0.4 is 10.1 Å². The molecule has 3 rings (SSSR count). The SMILES string of the molecule is COc1ccccc1-c1ccnc(C2CNC2)n1. The van der Waals surface area contributed by atoms with Gasteiger partial charge in [-0.1, -0.05) is 12.1 Å². The highest BCUT2D eigenvalue weighted by molar-refractivity contribution is 5.66. The number of para-hydroxylation sites is 1. The largest absolute Gasteiger partial charge is 0.496 e. The molecular formula is C14H15N3O. The van der Waals surface area contributed by atoms with E-state index in [2.05, 4.69) is 15.3 Å². The molecule has 0 unspecified atom stereocenters. The van der Waals surface area contributed by atoms with Crippen molar-refractivity contribution in [2.75, 3.05) is 20.2 Å². The summed E-state index contributed by atoms with van der Waals surface area (Å²) in [5, 5.41) is 3.24. The van der Waals surface area contributed by atoms with E-state index in [-0.39, 0.29) is 0 Å². The Morgan fingerprint density at radius 2 is 2.06 bits per heavy atom. The first-order chi connectivity index (χ1) is 8.88. The van der Waals surface area contributed by atoms with Crippen molar-refractivity contribution in [3.8, 4) is 17.0 Å². The lowest BCUT2D eigenvalue weighted by molar-refractivity contribution is 0.416. The van der Waals surface area contributed by atoms with Crippen molar-refractivity contribution in [1.29, 1.82) is 0 Å². The van der Waals surface area contributed by atoms with E-state index >= 15 is 0 Å². The van der Waals surface area contributed by atoms with Crippen molar-refractivity contribution in [3.63, 3.8) is 0 Å². The van der Waals surface area contributed by atoms with Gasteiger partial charge in [0, 0.05) is 30.8 Å². The van der Waals surface area contributed by atoms with Crippen LogP contribution >= 0.6 is 0 Å². The molecule has 0 aliphatic carbocycles. The van der Waals surface area contributed by atoms with E-state index in [1.807, 2.05) is 36.5 Å². The lowest BCUT2D eigenvalue weighted by Gasteiger charge is -2.25. The Labute approximate surface area is 106 Å². The number of benzene rings is 1. The fourth-order valence-corrected chi connectivity index (χ4v) is 2.05. The van der Waals surface area contributed by atoms with E-state index in [0.717, 1.165) is 35.9 Å². The molecule has 18 heavy (non-hydrogen) atoms. The zero-order valence-corrected chi connectivity index (χ0v) is 10.3. The monoisotopic (exact) mass is 241 g/mol. The maximum absolute atomic E-state index is 5.37. The molecule has 92 valence electrons. The van der Waals surface area contributed by atoms with Crippen LogP contribution in [0.1, 0.15) is 11.7 Å². The number of hydrogen-bond donors (Lipinski definition) is 1. The molecule has 0 amide bonds. The Kier molecular flexibility index (Phi) is 2.94. The van der Waals surface area contributed by atoms with Gasteiger partial charge in [0.25, 0.3) is 0 Å². The summed E-state index contributed by atoms with van der Waals surface area (Å²) in [6.07, 6.45) is 1.82. The van der Waals surface area contributed by atoms with Crippen LogP contribution in [0.2, 0.25) is 0 Å². The normalized spacial score (nSPS) is 15.2. The van der Waals surface area contributed by atoms with Gasteiger partial charge in [0.2, 0.25) is 0 Å². The molecule has 0 spiro atoms. The van der Waals surface area contributed by atoms with Crippen LogP contribution in [-0.4, -0.2) is 30.2 Å². The highest BCUT2D eigenvalue weighted by Gasteiger charge is 2.22. The molecule has 1 fully saturated rings. The van der Waals surface area contributed by atoms with Crippen molar-refractivity contribution in [3.05, 3.63) is 42.4 Å². The van der Waals surface area contributed by atoms with E-state index in [0.29, 0.717) is 5.92 Å². The third kappa shape index (κ3) is 1.95. The highest BCUT2D eigenvalue weighted by Crippen LogP contribution is 2.28. The average Bonchev–Trinajstić information content (AvgIpc) is 2.37. The van der Waals surface area contributed by atoms with Gasteiger partial charge in [-0.2, -0.15) is 0 Å². The third-order valence-electron chi connectivity index (χ3n) is 3.20. The van der Waals surface area contributed by atoms with Gasteiger partial charge in [0.1, 0.15) is 11.6 Å². The first-order valence-electron chi connectivity index (χ1n) is 6.05. The summed E-state index contributed by atoms with van der Waals surface area (Å²) in [7, 11) is 1.68. The minimum absolute atomic E-state index is 0.444. The Morgan fingerprint density at radius 1 is 1.22 bits per heavy atom. The lowest BCUT2D eigenvalue weighted by Crippen LogP contribution is -2.40. The fraction of sp³-hybridized carbons (Fsp3) is 0.286. The van der Waals surface area contributed by atoms with Crippen molar-refractivity contribution >= 4 is 0 Å². The molecule has 0 radical (unpaired) electrons. The summed E-state index contributed by atoms with van der Waals surface area (Å²) >= 11 is 0. The first-order valence-corrected chi connectivity index (χ1v) is 6.05. The third-order valence-corrected chi connectivity index (χ3v) is 3.20. The van der Waals surface area contributed by atoms with Crippen LogP contribution in [0.3, 0.4) is 0 Å². The van der Waals surface area contributed by atoms with Gasteiger partial charge in [0.15, 0.2) is 0 Å². The maximum atomic E-state index is 5.37. The average molecular weight is 241 g/mol. The number of aromatic nitrogens is 2. The van der Waals surface area contributed by atoms with E-state index in [1.54, 1.807) is 7.11 Å². The molecule has 1 aromatic carbocycles. The summed E-state index contributed by atoms with van der Waals surface area (Å²) in [6.45, 7) is 1.94. The molecule has 0 bridgehead atoms. The number of methoxy groups -OCH3 is 1. The van der Waals surface area contributed by atoms with E-state index in [1.165, 1.54) is 0 Å². The van der Waals surface area contributed by atoms with Gasteiger partial charge >= 0.3 is 0 Å². The standard InChI is InChI=1S/C14H15N3O/c1-18-13-5-3-2-4-11(13)12-6-7-16-14(17-12)10-8-15-9-10/h2-7,10,15H,8-9H2,1H3. The second-order valence-corrected chi connectivity index (χ2v) is 4.36. The van der Waals surface area contributed by atoms with Gasteiger partial charge in [-0.05, 0) is 18.2 Å². The topological polar surface area (TPSA) is 47.0 Å². The number of nitrogens with zero attached hydrogens (tertiary/aromatic N) is 2. The van der Waals surface area contributed by atoms with Crippen LogP contribution in [0.15, 0.2) is 36.5 Å². The Morgan fingerprint density at radius 3 is 2.78 bits per heavy atom. The summed E-state index contributed by atoms with van der Waals surface area (Å²) < 4.78 is 5.37. The summed E-state index contributed by atoms with van der Waals surface area (Å²) in [6, 6.07) is 9.84. The number of rotatable bonds is 3.